The maximum Gasteiger partial charge on any atom is 0.306 e. The van der Waals surface area contributed by atoms with Gasteiger partial charge in [-0.15, -0.1) is 0 Å². The molecule has 6 nitrogen and oxygen atoms in total. The number of unbranched alkanes of at least 4 members (excludes halogenated alkanes) is 22. The van der Waals surface area contributed by atoms with Crippen molar-refractivity contribution in [1.82, 2.24) is 0 Å². The summed E-state index contributed by atoms with van der Waals surface area (Å²) in [4.78, 5) is 37.9. The maximum absolute atomic E-state index is 12.8. The molecule has 1 atom stereocenters. The summed E-state index contributed by atoms with van der Waals surface area (Å²) in [6.45, 7) is 6.51. The Morgan fingerprint density at radius 2 is 0.607 bits per heavy atom. The molecule has 0 radical (unpaired) electrons. The van der Waals surface area contributed by atoms with E-state index < -0.39 is 6.10 Å². The van der Waals surface area contributed by atoms with Crippen molar-refractivity contribution in [3.63, 3.8) is 0 Å². The van der Waals surface area contributed by atoms with Crippen LogP contribution < -0.4 is 0 Å². The summed E-state index contributed by atoms with van der Waals surface area (Å²) in [6, 6.07) is 0. The Bertz CT molecular complexity index is 1160. The number of carbonyl (C=O) groups excluding carboxylic acids is 3. The fourth-order valence-corrected chi connectivity index (χ4v) is 6.78. The molecule has 0 unspecified atom stereocenters. The average Bonchev–Trinajstić information content (AvgIpc) is 3.26. The van der Waals surface area contributed by atoms with Gasteiger partial charge in [-0.05, 0) is 109 Å². The van der Waals surface area contributed by atoms with Gasteiger partial charge in [-0.1, -0.05) is 184 Å². The Hall–Kier alpha value is -3.15. The van der Waals surface area contributed by atoms with Crippen molar-refractivity contribution in [2.75, 3.05) is 13.2 Å². The molecule has 61 heavy (non-hydrogen) atoms. The van der Waals surface area contributed by atoms with E-state index >= 15 is 0 Å². The van der Waals surface area contributed by atoms with Crippen molar-refractivity contribution in [2.24, 2.45) is 0 Å². The van der Waals surface area contributed by atoms with E-state index in [1.807, 2.05) is 0 Å². The Labute approximate surface area is 376 Å². The van der Waals surface area contributed by atoms with E-state index in [9.17, 15) is 14.4 Å². The third-order valence-corrected chi connectivity index (χ3v) is 10.7. The lowest BCUT2D eigenvalue weighted by molar-refractivity contribution is -0.167. The van der Waals surface area contributed by atoms with Gasteiger partial charge in [0.25, 0.3) is 0 Å². The Morgan fingerprint density at radius 1 is 0.328 bits per heavy atom. The zero-order valence-electron chi connectivity index (χ0n) is 39.9. The van der Waals surface area contributed by atoms with Gasteiger partial charge in [0.15, 0.2) is 6.10 Å². The third-order valence-electron chi connectivity index (χ3n) is 10.7. The first-order valence-corrected chi connectivity index (χ1v) is 25.4. The summed E-state index contributed by atoms with van der Waals surface area (Å²) in [6.07, 6.45) is 61.7. The lowest BCUT2D eigenvalue weighted by atomic mass is 10.1. The van der Waals surface area contributed by atoms with Crippen LogP contribution in [0.5, 0.6) is 0 Å². The summed E-state index contributed by atoms with van der Waals surface area (Å²) in [5, 5.41) is 0. The molecule has 0 amide bonds. The molecule has 0 spiro atoms. The standard InChI is InChI=1S/C55H94O6/c1-4-7-10-13-16-19-22-25-26-27-28-31-33-36-39-42-45-48-54(57)60-51-52(61-55(58)49-46-43-40-37-34-30-24-21-18-15-12-9-6-3)50-59-53(56)47-44-41-38-35-32-29-23-20-17-14-11-8-5-2/h16,19-21,23-26,28,31,36,39,52H,4-15,17-18,22,27,29-30,32-35,37-38,40-51H2,1-3H3/b19-16-,23-20-,24-21-,26-25-,31-28-,39-36-/t52-/m0/s1. The first-order valence-electron chi connectivity index (χ1n) is 25.4. The minimum Gasteiger partial charge on any atom is -0.462 e. The van der Waals surface area contributed by atoms with E-state index in [4.69, 9.17) is 14.2 Å². The van der Waals surface area contributed by atoms with Crippen LogP contribution in [0.2, 0.25) is 0 Å². The summed E-state index contributed by atoms with van der Waals surface area (Å²) in [5.74, 6) is -0.976. The zero-order valence-corrected chi connectivity index (χ0v) is 39.9. The molecule has 0 aliphatic heterocycles. The summed E-state index contributed by atoms with van der Waals surface area (Å²) < 4.78 is 16.7. The highest BCUT2D eigenvalue weighted by atomic mass is 16.6. The summed E-state index contributed by atoms with van der Waals surface area (Å²) in [5.41, 5.74) is 0. The zero-order chi connectivity index (χ0) is 44.4. The molecule has 6 heteroatoms. The molecule has 0 aromatic heterocycles. The molecule has 0 saturated heterocycles. The van der Waals surface area contributed by atoms with E-state index in [1.165, 1.54) is 109 Å². The number of hydrogen-bond donors (Lipinski definition) is 0. The highest BCUT2D eigenvalue weighted by Gasteiger charge is 2.19. The normalized spacial score (nSPS) is 12.6. The topological polar surface area (TPSA) is 78.9 Å². The van der Waals surface area contributed by atoms with Gasteiger partial charge in [-0.25, -0.2) is 0 Å². The van der Waals surface area contributed by atoms with E-state index in [0.717, 1.165) is 83.5 Å². The van der Waals surface area contributed by atoms with Crippen LogP contribution in [-0.4, -0.2) is 37.2 Å². The van der Waals surface area contributed by atoms with Crippen molar-refractivity contribution in [3.05, 3.63) is 72.9 Å². The van der Waals surface area contributed by atoms with Crippen LogP contribution in [0.15, 0.2) is 72.9 Å². The highest BCUT2D eigenvalue weighted by molar-refractivity contribution is 5.71. The smallest absolute Gasteiger partial charge is 0.306 e. The van der Waals surface area contributed by atoms with Gasteiger partial charge in [0.2, 0.25) is 0 Å². The highest BCUT2D eigenvalue weighted by Crippen LogP contribution is 2.13. The number of ether oxygens (including phenoxy) is 3. The fraction of sp³-hybridized carbons (Fsp3) is 0.727. The van der Waals surface area contributed by atoms with Crippen molar-refractivity contribution < 1.29 is 28.6 Å². The van der Waals surface area contributed by atoms with Crippen LogP contribution in [-0.2, 0) is 28.6 Å². The second-order valence-electron chi connectivity index (χ2n) is 16.7. The average molecular weight is 851 g/mol. The molecule has 0 aromatic carbocycles. The van der Waals surface area contributed by atoms with Gasteiger partial charge in [0, 0.05) is 19.3 Å². The molecule has 0 N–H and O–H groups in total. The van der Waals surface area contributed by atoms with Gasteiger partial charge in [0.05, 0.1) is 0 Å². The number of hydrogen-bond acceptors (Lipinski definition) is 6. The van der Waals surface area contributed by atoms with Gasteiger partial charge in [0.1, 0.15) is 13.2 Å². The molecule has 0 bridgehead atoms. The lowest BCUT2D eigenvalue weighted by Crippen LogP contribution is -2.30. The monoisotopic (exact) mass is 851 g/mol. The number of allylic oxidation sites excluding steroid dienone is 12. The van der Waals surface area contributed by atoms with Crippen molar-refractivity contribution >= 4 is 17.9 Å². The van der Waals surface area contributed by atoms with E-state index in [2.05, 4.69) is 93.7 Å². The summed E-state index contributed by atoms with van der Waals surface area (Å²) >= 11 is 0. The molecule has 0 rings (SSSR count). The molecule has 350 valence electrons. The van der Waals surface area contributed by atoms with Crippen LogP contribution in [0.4, 0.5) is 0 Å². The van der Waals surface area contributed by atoms with E-state index in [-0.39, 0.29) is 37.5 Å². The molecule has 0 aliphatic rings. The first-order chi connectivity index (χ1) is 30.0. The van der Waals surface area contributed by atoms with Crippen LogP contribution in [0.3, 0.4) is 0 Å². The van der Waals surface area contributed by atoms with Crippen LogP contribution in [0.25, 0.3) is 0 Å². The third kappa shape index (κ3) is 47.7. The largest absolute Gasteiger partial charge is 0.462 e. The second kappa shape index (κ2) is 49.5. The maximum atomic E-state index is 12.8. The van der Waals surface area contributed by atoms with Crippen molar-refractivity contribution in [1.29, 1.82) is 0 Å². The summed E-state index contributed by atoms with van der Waals surface area (Å²) in [7, 11) is 0. The van der Waals surface area contributed by atoms with Crippen molar-refractivity contribution in [2.45, 2.75) is 245 Å². The first kappa shape index (κ1) is 57.9. The molecule has 0 heterocycles. The van der Waals surface area contributed by atoms with Crippen LogP contribution >= 0.6 is 0 Å². The Kier molecular flexibility index (Phi) is 46.9. The van der Waals surface area contributed by atoms with Gasteiger partial charge in [-0.3, -0.25) is 14.4 Å². The molecular formula is C55H94O6. The number of rotatable bonds is 45. The van der Waals surface area contributed by atoms with E-state index in [0.29, 0.717) is 19.3 Å². The molecule has 0 aliphatic carbocycles. The Balaban J connectivity index is 4.49. The predicted molar refractivity (Wildman–Crippen MR) is 261 cm³/mol. The second-order valence-corrected chi connectivity index (χ2v) is 16.7. The van der Waals surface area contributed by atoms with Crippen molar-refractivity contribution in [3.8, 4) is 0 Å². The fourth-order valence-electron chi connectivity index (χ4n) is 6.78. The van der Waals surface area contributed by atoms with Crippen LogP contribution in [0.1, 0.15) is 239 Å². The molecular weight excluding hydrogens is 757 g/mol. The molecule has 0 saturated carbocycles. The van der Waals surface area contributed by atoms with Gasteiger partial charge in [-0.2, -0.15) is 0 Å². The quantitative estimate of drug-likeness (QED) is 0.0263. The Morgan fingerprint density at radius 3 is 1.03 bits per heavy atom. The molecule has 0 fully saturated rings. The van der Waals surface area contributed by atoms with E-state index in [1.54, 1.807) is 0 Å². The minimum atomic E-state index is -0.803. The SMILES string of the molecule is CCCCC/C=C\C/C=C\C/C=C\C/C=C\CCCC(=O)OC[C@H](COC(=O)CCCCCCC/C=C\CCCCCC)OC(=O)CCCCCCC/C=C\CCCCCC. The number of esters is 3. The number of carbonyl (C=O) groups is 3. The molecule has 0 aromatic rings. The lowest BCUT2D eigenvalue weighted by Gasteiger charge is -2.18. The van der Waals surface area contributed by atoms with Gasteiger partial charge < -0.3 is 14.2 Å². The van der Waals surface area contributed by atoms with Gasteiger partial charge >= 0.3 is 17.9 Å². The van der Waals surface area contributed by atoms with Crippen LogP contribution in [0, 0.1) is 0 Å². The predicted octanol–water partition coefficient (Wildman–Crippen LogP) is 16.6. The minimum absolute atomic E-state index is 0.100.